The number of nitrogens with zero attached hydrogens (tertiary/aromatic N) is 4. The molecule has 0 saturated carbocycles. The van der Waals surface area contributed by atoms with Crippen molar-refractivity contribution in [3.63, 3.8) is 0 Å². The Bertz CT molecular complexity index is 641. The first kappa shape index (κ1) is 12.0. The molecule has 0 amide bonds. The van der Waals surface area contributed by atoms with Crippen molar-refractivity contribution in [1.82, 2.24) is 19.9 Å². The number of amidine groups is 1. The van der Waals surface area contributed by atoms with Crippen LogP contribution in [0.25, 0.3) is 0 Å². The second-order valence-corrected chi connectivity index (χ2v) is 4.01. The van der Waals surface area contributed by atoms with Gasteiger partial charge >= 0.3 is 0 Å². The topological polar surface area (TPSA) is 130 Å². The van der Waals surface area contributed by atoms with Crippen LogP contribution in [0.5, 0.6) is 0 Å². The van der Waals surface area contributed by atoms with Gasteiger partial charge in [-0.2, -0.15) is 0 Å². The van der Waals surface area contributed by atoms with E-state index in [1.165, 1.54) is 24.5 Å². The summed E-state index contributed by atoms with van der Waals surface area (Å²) in [6.07, 6.45) is 2.85. The van der Waals surface area contributed by atoms with Gasteiger partial charge in [0.1, 0.15) is 5.69 Å². The van der Waals surface area contributed by atoms with Gasteiger partial charge in [0.2, 0.25) is 0 Å². The van der Waals surface area contributed by atoms with E-state index < -0.39 is 0 Å². The first-order valence-electron chi connectivity index (χ1n) is 4.73. The molecular formula is C9H8N6O2S. The van der Waals surface area contributed by atoms with E-state index in [1.807, 2.05) is 0 Å². The standard InChI is InChI=1S/C9H8N6O2S/c10-7(15-17)5-1-3-11-8(13-5)18-9-12-4-2-6(16)14-9/h1-4,17H,(H2,10,15)(H,12,14,16). The minimum atomic E-state index is -0.264. The number of aromatic amines is 1. The molecule has 2 aromatic rings. The predicted octanol–water partition coefficient (Wildman–Crippen LogP) is -0.194. The fourth-order valence-electron chi connectivity index (χ4n) is 1.07. The normalized spacial score (nSPS) is 11.4. The molecule has 0 saturated heterocycles. The zero-order valence-electron chi connectivity index (χ0n) is 8.94. The quantitative estimate of drug-likeness (QED) is 0.230. The lowest BCUT2D eigenvalue weighted by molar-refractivity contribution is 0.318. The number of H-pyrrole nitrogens is 1. The second-order valence-electron chi connectivity index (χ2n) is 3.05. The largest absolute Gasteiger partial charge is 0.409 e. The Balaban J connectivity index is 2.27. The van der Waals surface area contributed by atoms with E-state index in [0.717, 1.165) is 11.8 Å². The van der Waals surface area contributed by atoms with Crippen molar-refractivity contribution in [2.75, 3.05) is 0 Å². The van der Waals surface area contributed by atoms with Crippen molar-refractivity contribution in [3.8, 4) is 0 Å². The Hall–Kier alpha value is -2.42. The Labute approximate surface area is 105 Å². The van der Waals surface area contributed by atoms with Crippen molar-refractivity contribution in [2.45, 2.75) is 10.3 Å². The molecule has 8 nitrogen and oxygen atoms in total. The molecule has 0 aromatic carbocycles. The molecule has 0 radical (unpaired) electrons. The van der Waals surface area contributed by atoms with Crippen molar-refractivity contribution < 1.29 is 5.21 Å². The van der Waals surface area contributed by atoms with Gasteiger partial charge in [-0.05, 0) is 17.8 Å². The number of aromatic nitrogens is 4. The summed E-state index contributed by atoms with van der Waals surface area (Å²) in [6.45, 7) is 0. The monoisotopic (exact) mass is 264 g/mol. The van der Waals surface area contributed by atoms with Gasteiger partial charge in [-0.1, -0.05) is 5.16 Å². The Morgan fingerprint density at radius 3 is 2.89 bits per heavy atom. The van der Waals surface area contributed by atoms with Crippen LogP contribution in [-0.4, -0.2) is 31.0 Å². The van der Waals surface area contributed by atoms with E-state index in [9.17, 15) is 4.79 Å². The average molecular weight is 264 g/mol. The highest BCUT2D eigenvalue weighted by Crippen LogP contribution is 2.18. The maximum absolute atomic E-state index is 11.1. The molecule has 0 aliphatic carbocycles. The second kappa shape index (κ2) is 5.27. The summed E-state index contributed by atoms with van der Waals surface area (Å²) in [7, 11) is 0. The number of hydrogen-bond acceptors (Lipinski definition) is 7. The van der Waals surface area contributed by atoms with Gasteiger partial charge < -0.3 is 15.9 Å². The Kier molecular flexibility index (Phi) is 3.53. The zero-order valence-corrected chi connectivity index (χ0v) is 9.76. The van der Waals surface area contributed by atoms with Gasteiger partial charge in [0.15, 0.2) is 16.1 Å². The maximum Gasteiger partial charge on any atom is 0.251 e. The third kappa shape index (κ3) is 2.83. The number of oxime groups is 1. The summed E-state index contributed by atoms with van der Waals surface area (Å²) in [5.74, 6) is -0.117. The fourth-order valence-corrected chi connectivity index (χ4v) is 1.77. The molecule has 2 aromatic heterocycles. The van der Waals surface area contributed by atoms with Crippen LogP contribution in [0.1, 0.15) is 5.69 Å². The fraction of sp³-hybridized carbons (Fsp3) is 0. The summed E-state index contributed by atoms with van der Waals surface area (Å²) < 4.78 is 0. The van der Waals surface area contributed by atoms with Crippen LogP contribution in [0.3, 0.4) is 0 Å². The smallest absolute Gasteiger partial charge is 0.251 e. The highest BCUT2D eigenvalue weighted by Gasteiger charge is 2.06. The molecule has 0 spiro atoms. The molecule has 0 atom stereocenters. The van der Waals surface area contributed by atoms with E-state index in [-0.39, 0.29) is 17.1 Å². The SMILES string of the molecule is N/C(=N/O)c1ccnc(Sc2nccc(=O)[nH]2)n1. The summed E-state index contributed by atoms with van der Waals surface area (Å²) in [5, 5.41) is 12.1. The molecule has 92 valence electrons. The molecule has 0 fully saturated rings. The molecule has 0 bridgehead atoms. The molecule has 0 aliphatic heterocycles. The highest BCUT2D eigenvalue weighted by molar-refractivity contribution is 7.99. The van der Waals surface area contributed by atoms with Gasteiger partial charge in [-0.15, -0.1) is 0 Å². The Morgan fingerprint density at radius 2 is 2.17 bits per heavy atom. The molecule has 4 N–H and O–H groups in total. The van der Waals surface area contributed by atoms with E-state index >= 15 is 0 Å². The minimum Gasteiger partial charge on any atom is -0.409 e. The van der Waals surface area contributed by atoms with Crippen LogP contribution in [0.4, 0.5) is 0 Å². The molecule has 0 unspecified atom stereocenters. The van der Waals surface area contributed by atoms with Gasteiger partial charge in [0.05, 0.1) is 0 Å². The van der Waals surface area contributed by atoms with Crippen LogP contribution >= 0.6 is 11.8 Å². The molecule has 0 aliphatic rings. The number of nitrogens with two attached hydrogens (primary N) is 1. The van der Waals surface area contributed by atoms with E-state index in [4.69, 9.17) is 10.9 Å². The lowest BCUT2D eigenvalue weighted by Crippen LogP contribution is -2.15. The van der Waals surface area contributed by atoms with Crippen molar-refractivity contribution in [1.29, 1.82) is 0 Å². The van der Waals surface area contributed by atoms with Gasteiger partial charge in [0.25, 0.3) is 5.56 Å². The Morgan fingerprint density at radius 1 is 1.39 bits per heavy atom. The third-order valence-electron chi connectivity index (χ3n) is 1.84. The summed E-state index contributed by atoms with van der Waals surface area (Å²) in [6, 6.07) is 2.80. The molecule has 2 heterocycles. The predicted molar refractivity (Wildman–Crippen MR) is 63.5 cm³/mol. The van der Waals surface area contributed by atoms with Crippen LogP contribution in [-0.2, 0) is 0 Å². The van der Waals surface area contributed by atoms with E-state index in [2.05, 4.69) is 25.1 Å². The number of nitrogens with one attached hydrogen (secondary N) is 1. The number of rotatable bonds is 3. The first-order valence-corrected chi connectivity index (χ1v) is 5.55. The van der Waals surface area contributed by atoms with Gasteiger partial charge in [-0.25, -0.2) is 15.0 Å². The average Bonchev–Trinajstić information content (AvgIpc) is 2.38. The van der Waals surface area contributed by atoms with Crippen molar-refractivity contribution >= 4 is 17.6 Å². The van der Waals surface area contributed by atoms with Crippen molar-refractivity contribution in [3.05, 3.63) is 40.6 Å². The summed E-state index contributed by atoms with van der Waals surface area (Å²) in [4.78, 5) is 25.6. The zero-order chi connectivity index (χ0) is 13.0. The summed E-state index contributed by atoms with van der Waals surface area (Å²) >= 11 is 1.06. The van der Waals surface area contributed by atoms with Gasteiger partial charge in [-0.3, -0.25) is 4.79 Å². The van der Waals surface area contributed by atoms with E-state index in [1.54, 1.807) is 0 Å². The van der Waals surface area contributed by atoms with E-state index in [0.29, 0.717) is 10.3 Å². The maximum atomic E-state index is 11.1. The first-order chi connectivity index (χ1) is 8.69. The van der Waals surface area contributed by atoms with Crippen LogP contribution in [0.2, 0.25) is 0 Å². The molecule has 9 heteroatoms. The van der Waals surface area contributed by atoms with Crippen molar-refractivity contribution in [2.24, 2.45) is 10.9 Å². The van der Waals surface area contributed by atoms with Crippen LogP contribution in [0.15, 0.2) is 44.8 Å². The van der Waals surface area contributed by atoms with Crippen LogP contribution in [0, 0.1) is 0 Å². The minimum absolute atomic E-state index is 0.117. The van der Waals surface area contributed by atoms with Crippen LogP contribution < -0.4 is 11.3 Å². The lowest BCUT2D eigenvalue weighted by Gasteiger charge is -2.01. The third-order valence-corrected chi connectivity index (χ3v) is 2.62. The lowest BCUT2D eigenvalue weighted by atomic mass is 10.4. The molecule has 2 rings (SSSR count). The molecule has 18 heavy (non-hydrogen) atoms. The summed E-state index contributed by atoms with van der Waals surface area (Å²) in [5.41, 5.74) is 5.43. The number of hydrogen-bond donors (Lipinski definition) is 3. The van der Waals surface area contributed by atoms with Gasteiger partial charge in [0, 0.05) is 18.5 Å². The highest BCUT2D eigenvalue weighted by atomic mass is 32.2. The molecular weight excluding hydrogens is 256 g/mol.